The molecule has 0 bridgehead atoms. The van der Waals surface area contributed by atoms with Gasteiger partial charge in [-0.3, -0.25) is 4.98 Å². The average Bonchev–Trinajstić information content (AvgIpc) is 2.78. The number of nitrogens with zero attached hydrogens (tertiary/aromatic N) is 1. The fourth-order valence-corrected chi connectivity index (χ4v) is 6.66. The van der Waals surface area contributed by atoms with Crippen molar-refractivity contribution < 1.29 is 18.3 Å². The number of aliphatic hydroxyl groups is 1. The Morgan fingerprint density at radius 1 is 1.29 bits per heavy atom. The maximum absolute atomic E-state index is 13.4. The second-order valence-electron chi connectivity index (χ2n) is 7.69. The van der Waals surface area contributed by atoms with E-state index in [1.165, 1.54) is 0 Å². The molecule has 1 aliphatic heterocycles. The molecule has 1 aliphatic rings. The minimum atomic E-state index is -3.56. The van der Waals surface area contributed by atoms with E-state index in [0.29, 0.717) is 24.2 Å². The van der Waals surface area contributed by atoms with Crippen molar-refractivity contribution in [1.82, 2.24) is 4.98 Å². The summed E-state index contributed by atoms with van der Waals surface area (Å²) in [6.07, 6.45) is 5.65. The monoisotopic (exact) mass is 403 g/mol. The molecule has 0 fully saturated rings. The molecule has 0 radical (unpaired) electrons. The highest BCUT2D eigenvalue weighted by Crippen LogP contribution is 2.49. The van der Waals surface area contributed by atoms with Crippen LogP contribution in [0.3, 0.4) is 0 Å². The summed E-state index contributed by atoms with van der Waals surface area (Å²) in [6.45, 7) is 4.06. The Balaban J connectivity index is 2.29. The molecular formula is C22H29NO4S. The zero-order chi connectivity index (χ0) is 20.4. The Hall–Kier alpha value is -1.92. The standard InChI is InChI=1S/C22H29NO4S/c1-4-6-11-22(5-2)15-28(25,26)19-10-9-17(27-3)13-18(19)20(21(22)24)16-8-7-12-23-14-16/h7-10,12-14,20-21,24H,4-6,11,15H2,1-3H3/t20-,21?,22?/m1/s1. The van der Waals surface area contributed by atoms with Crippen LogP contribution in [0.1, 0.15) is 56.6 Å². The van der Waals surface area contributed by atoms with Crippen molar-refractivity contribution in [2.75, 3.05) is 12.9 Å². The van der Waals surface area contributed by atoms with E-state index in [0.717, 1.165) is 18.4 Å². The van der Waals surface area contributed by atoms with Crippen LogP contribution in [0.2, 0.25) is 0 Å². The summed E-state index contributed by atoms with van der Waals surface area (Å²) in [6, 6.07) is 8.77. The van der Waals surface area contributed by atoms with Crippen LogP contribution in [0.15, 0.2) is 47.6 Å². The largest absolute Gasteiger partial charge is 0.497 e. The third kappa shape index (κ3) is 3.67. The third-order valence-corrected chi connectivity index (χ3v) is 8.08. The fourth-order valence-electron chi connectivity index (χ4n) is 4.40. The number of fused-ring (bicyclic) bond motifs is 1. The zero-order valence-electron chi connectivity index (χ0n) is 16.8. The lowest BCUT2D eigenvalue weighted by Gasteiger charge is -2.39. The highest BCUT2D eigenvalue weighted by atomic mass is 32.2. The topological polar surface area (TPSA) is 76.5 Å². The Labute approximate surface area is 167 Å². The quantitative estimate of drug-likeness (QED) is 0.790. The molecule has 1 N–H and O–H groups in total. The molecule has 152 valence electrons. The van der Waals surface area contributed by atoms with Gasteiger partial charge in [0.2, 0.25) is 0 Å². The zero-order valence-corrected chi connectivity index (χ0v) is 17.6. The highest BCUT2D eigenvalue weighted by molar-refractivity contribution is 7.91. The number of ether oxygens (including phenoxy) is 1. The van der Waals surface area contributed by atoms with Gasteiger partial charge in [0.1, 0.15) is 5.75 Å². The first-order valence-corrected chi connectivity index (χ1v) is 11.5. The first-order chi connectivity index (χ1) is 13.4. The molecule has 0 aliphatic carbocycles. The molecule has 1 aromatic carbocycles. The van der Waals surface area contributed by atoms with Gasteiger partial charge in [0.25, 0.3) is 0 Å². The molecule has 3 rings (SSSR count). The van der Waals surface area contributed by atoms with Crippen LogP contribution < -0.4 is 4.74 Å². The van der Waals surface area contributed by atoms with Crippen molar-refractivity contribution in [2.45, 2.75) is 56.4 Å². The van der Waals surface area contributed by atoms with Crippen molar-refractivity contribution in [3.63, 3.8) is 0 Å². The smallest absolute Gasteiger partial charge is 0.179 e. The number of rotatable bonds is 6. The fraction of sp³-hybridized carbons (Fsp3) is 0.500. The number of pyridine rings is 1. The Kier molecular flexibility index (Phi) is 6.10. The molecule has 1 aromatic heterocycles. The van der Waals surface area contributed by atoms with E-state index in [1.54, 1.807) is 37.7 Å². The van der Waals surface area contributed by atoms with Crippen molar-refractivity contribution in [1.29, 1.82) is 0 Å². The van der Waals surface area contributed by atoms with Crippen molar-refractivity contribution in [2.24, 2.45) is 5.41 Å². The summed E-state index contributed by atoms with van der Waals surface area (Å²) in [4.78, 5) is 4.51. The summed E-state index contributed by atoms with van der Waals surface area (Å²) in [5, 5.41) is 11.6. The van der Waals surface area contributed by atoms with Crippen LogP contribution in [0, 0.1) is 5.41 Å². The maximum Gasteiger partial charge on any atom is 0.179 e. The molecule has 28 heavy (non-hydrogen) atoms. The van der Waals surface area contributed by atoms with Gasteiger partial charge < -0.3 is 9.84 Å². The first kappa shape index (κ1) is 20.8. The van der Waals surface area contributed by atoms with Gasteiger partial charge in [0, 0.05) is 23.7 Å². The molecule has 2 heterocycles. The predicted octanol–water partition coefficient (Wildman–Crippen LogP) is 3.96. The van der Waals surface area contributed by atoms with Gasteiger partial charge in [0.05, 0.1) is 23.9 Å². The van der Waals surface area contributed by atoms with Crippen LogP contribution in [0.5, 0.6) is 5.75 Å². The van der Waals surface area contributed by atoms with Gasteiger partial charge in [-0.05, 0) is 48.2 Å². The van der Waals surface area contributed by atoms with Gasteiger partial charge in [-0.2, -0.15) is 0 Å². The SMILES string of the molecule is CCCCC1(CC)CS(=O)(=O)c2ccc(OC)cc2[C@@H](c2cccnc2)C1O. The molecule has 2 unspecified atom stereocenters. The van der Waals surface area contributed by atoms with Crippen LogP contribution >= 0.6 is 0 Å². The summed E-state index contributed by atoms with van der Waals surface area (Å²) >= 11 is 0. The second-order valence-corrected chi connectivity index (χ2v) is 9.65. The first-order valence-electron chi connectivity index (χ1n) is 9.87. The molecule has 5 nitrogen and oxygen atoms in total. The number of aromatic nitrogens is 1. The maximum atomic E-state index is 13.4. The molecule has 6 heteroatoms. The molecule has 2 aromatic rings. The van der Waals surface area contributed by atoms with Gasteiger partial charge in [-0.25, -0.2) is 8.42 Å². The predicted molar refractivity (Wildman–Crippen MR) is 109 cm³/mol. The Bertz CT molecular complexity index is 913. The minimum Gasteiger partial charge on any atom is -0.497 e. The minimum absolute atomic E-state index is 0.0479. The van der Waals surface area contributed by atoms with E-state index in [9.17, 15) is 13.5 Å². The van der Waals surface area contributed by atoms with E-state index in [1.807, 2.05) is 19.1 Å². The lowest BCUT2D eigenvalue weighted by atomic mass is 9.69. The number of unbranched alkanes of at least 4 members (excludes halogenated alkanes) is 1. The Morgan fingerprint density at radius 3 is 2.68 bits per heavy atom. The van der Waals surface area contributed by atoms with E-state index in [2.05, 4.69) is 11.9 Å². The second kappa shape index (κ2) is 8.21. The summed E-state index contributed by atoms with van der Waals surface area (Å²) in [5.74, 6) is 0.0498. The third-order valence-electron chi connectivity index (χ3n) is 6.08. The average molecular weight is 404 g/mol. The van der Waals surface area contributed by atoms with E-state index >= 15 is 0 Å². The normalized spacial score (nSPS) is 26.3. The molecule has 0 spiro atoms. The summed E-state index contributed by atoms with van der Waals surface area (Å²) in [5.41, 5.74) is 0.698. The van der Waals surface area contributed by atoms with Gasteiger partial charge in [0.15, 0.2) is 9.84 Å². The van der Waals surface area contributed by atoms with Gasteiger partial charge >= 0.3 is 0 Å². The van der Waals surface area contributed by atoms with Gasteiger partial charge in [-0.15, -0.1) is 0 Å². The van der Waals surface area contributed by atoms with E-state index in [-0.39, 0.29) is 10.6 Å². The lowest BCUT2D eigenvalue weighted by Crippen LogP contribution is -2.42. The highest BCUT2D eigenvalue weighted by Gasteiger charge is 2.49. The van der Waals surface area contributed by atoms with Crippen LogP contribution in [0.4, 0.5) is 0 Å². The molecule has 0 amide bonds. The van der Waals surface area contributed by atoms with Crippen LogP contribution in [0.25, 0.3) is 0 Å². The van der Waals surface area contributed by atoms with Crippen LogP contribution in [-0.4, -0.2) is 37.5 Å². The van der Waals surface area contributed by atoms with Crippen molar-refractivity contribution >= 4 is 9.84 Å². The molecule has 0 saturated carbocycles. The molecule has 3 atom stereocenters. The van der Waals surface area contributed by atoms with E-state index < -0.39 is 27.3 Å². The number of benzene rings is 1. The lowest BCUT2D eigenvalue weighted by molar-refractivity contribution is 0.0173. The summed E-state index contributed by atoms with van der Waals surface area (Å²) < 4.78 is 32.1. The van der Waals surface area contributed by atoms with Crippen molar-refractivity contribution in [3.05, 3.63) is 53.9 Å². The van der Waals surface area contributed by atoms with Crippen molar-refractivity contribution in [3.8, 4) is 5.75 Å². The molecule has 0 saturated heterocycles. The number of methoxy groups -OCH3 is 1. The number of hydrogen-bond acceptors (Lipinski definition) is 5. The van der Waals surface area contributed by atoms with Crippen LogP contribution in [-0.2, 0) is 9.84 Å². The Morgan fingerprint density at radius 2 is 2.07 bits per heavy atom. The number of aliphatic hydroxyl groups excluding tert-OH is 1. The number of sulfone groups is 1. The van der Waals surface area contributed by atoms with Gasteiger partial charge in [-0.1, -0.05) is 32.8 Å². The molecular weight excluding hydrogens is 374 g/mol. The van der Waals surface area contributed by atoms with E-state index in [4.69, 9.17) is 4.74 Å². The summed E-state index contributed by atoms with van der Waals surface area (Å²) in [7, 11) is -2.01. The number of hydrogen-bond donors (Lipinski definition) is 1.